The molecular weight excluding hydrogens is 166 g/mol. The minimum atomic E-state index is 0.953. The normalized spacial score (nSPS) is 10.4. The van der Waals surface area contributed by atoms with Crippen LogP contribution >= 0.6 is 11.8 Å². The largest absolute Gasteiger partial charge is 0.249 e. The van der Waals surface area contributed by atoms with E-state index in [1.54, 1.807) is 11.8 Å². The Hall–Kier alpha value is -1.02. The molecule has 1 radical (unpaired) electrons. The van der Waals surface area contributed by atoms with E-state index in [0.29, 0.717) is 0 Å². The number of benzene rings is 1. The van der Waals surface area contributed by atoms with Crippen LogP contribution in [0.5, 0.6) is 0 Å². The summed E-state index contributed by atoms with van der Waals surface area (Å²) in [7, 11) is 0. The van der Waals surface area contributed by atoms with Crippen LogP contribution in [0.2, 0.25) is 0 Å². The molecule has 0 N–H and O–H groups in total. The Bertz CT molecular complexity index is 398. The zero-order valence-electron chi connectivity index (χ0n) is 6.74. The van der Waals surface area contributed by atoms with Crippen LogP contribution in [0.3, 0.4) is 0 Å². The minimum absolute atomic E-state index is 0.953. The van der Waals surface area contributed by atoms with Crippen molar-refractivity contribution in [3.8, 4) is 0 Å². The summed E-state index contributed by atoms with van der Waals surface area (Å²) < 4.78 is 0. The first-order valence-corrected chi connectivity index (χ1v) is 4.93. The van der Waals surface area contributed by atoms with Gasteiger partial charge in [-0.05, 0) is 11.6 Å². The van der Waals surface area contributed by atoms with Crippen LogP contribution in [0.4, 0.5) is 0 Å². The van der Waals surface area contributed by atoms with Crippen LogP contribution in [-0.4, -0.2) is 11.2 Å². The molecule has 0 aliphatic rings. The fraction of sp³-hybridized carbons (Fsp3) is 0.100. The number of rotatable bonds is 1. The molecule has 0 fully saturated rings. The monoisotopic (exact) mass is 174 g/mol. The maximum atomic E-state index is 4.23. The third-order valence-corrected chi connectivity index (χ3v) is 2.31. The quantitative estimate of drug-likeness (QED) is 0.616. The second kappa shape index (κ2) is 3.15. The van der Waals surface area contributed by atoms with Crippen molar-refractivity contribution in [1.29, 1.82) is 0 Å². The zero-order chi connectivity index (χ0) is 8.39. The highest BCUT2D eigenvalue weighted by Gasteiger charge is 1.94. The van der Waals surface area contributed by atoms with Gasteiger partial charge in [-0.15, -0.1) is 11.8 Å². The molecule has 0 unspecified atom stereocenters. The summed E-state index contributed by atoms with van der Waals surface area (Å²) >= 11 is 1.62. The molecular formula is C10H8NS. The van der Waals surface area contributed by atoms with Crippen molar-refractivity contribution in [2.24, 2.45) is 0 Å². The Kier molecular flexibility index (Phi) is 2.00. The van der Waals surface area contributed by atoms with Crippen molar-refractivity contribution in [2.75, 3.05) is 6.26 Å². The van der Waals surface area contributed by atoms with Crippen molar-refractivity contribution < 1.29 is 0 Å². The Morgan fingerprint density at radius 3 is 3.00 bits per heavy atom. The molecule has 1 nitrogen and oxygen atoms in total. The third-order valence-electron chi connectivity index (χ3n) is 1.72. The average Bonchev–Trinajstić information content (AvgIpc) is 2.17. The van der Waals surface area contributed by atoms with Gasteiger partial charge in [-0.1, -0.05) is 24.3 Å². The molecule has 0 aliphatic carbocycles. The highest BCUT2D eigenvalue weighted by Crippen LogP contribution is 2.17. The molecule has 0 saturated carbocycles. The first kappa shape index (κ1) is 7.62. The molecule has 0 saturated heterocycles. The smallest absolute Gasteiger partial charge is 0.104 e. The van der Waals surface area contributed by atoms with E-state index < -0.39 is 0 Å². The highest BCUT2D eigenvalue weighted by atomic mass is 32.2. The topological polar surface area (TPSA) is 12.9 Å². The molecule has 1 aromatic heterocycles. The molecule has 2 rings (SSSR count). The SMILES string of the molecule is CSc1[c]c2ccccc2cn1. The van der Waals surface area contributed by atoms with Gasteiger partial charge in [-0.2, -0.15) is 0 Å². The van der Waals surface area contributed by atoms with E-state index >= 15 is 0 Å². The second-order valence-corrected chi connectivity index (χ2v) is 3.27. The van der Waals surface area contributed by atoms with Crippen molar-refractivity contribution in [3.05, 3.63) is 36.5 Å². The van der Waals surface area contributed by atoms with E-state index in [2.05, 4.69) is 17.1 Å². The van der Waals surface area contributed by atoms with Gasteiger partial charge in [0.1, 0.15) is 5.03 Å². The molecule has 0 bridgehead atoms. The van der Waals surface area contributed by atoms with Gasteiger partial charge in [-0.25, -0.2) is 4.98 Å². The highest BCUT2D eigenvalue weighted by molar-refractivity contribution is 7.98. The van der Waals surface area contributed by atoms with Gasteiger partial charge in [-0.3, -0.25) is 0 Å². The number of aromatic nitrogens is 1. The third kappa shape index (κ3) is 1.30. The van der Waals surface area contributed by atoms with Crippen LogP contribution in [0.15, 0.2) is 35.5 Å². The summed E-state index contributed by atoms with van der Waals surface area (Å²) in [6.07, 6.45) is 3.89. The average molecular weight is 174 g/mol. The minimum Gasteiger partial charge on any atom is -0.249 e. The molecule has 12 heavy (non-hydrogen) atoms. The molecule has 59 valence electrons. The molecule has 2 aromatic rings. The van der Waals surface area contributed by atoms with E-state index in [4.69, 9.17) is 0 Å². The standard InChI is InChI=1S/C10H8NS/c1-12-10-6-8-4-2-3-5-9(8)7-11-10/h2-5,7H,1H3. The molecule has 1 heterocycles. The summed E-state index contributed by atoms with van der Waals surface area (Å²) in [6, 6.07) is 11.4. The second-order valence-electron chi connectivity index (χ2n) is 2.48. The number of fused-ring (bicyclic) bond motifs is 1. The summed E-state index contributed by atoms with van der Waals surface area (Å²) in [5, 5.41) is 3.24. The number of thioether (sulfide) groups is 1. The fourth-order valence-corrected chi connectivity index (χ4v) is 1.47. The Morgan fingerprint density at radius 1 is 1.33 bits per heavy atom. The lowest BCUT2D eigenvalue weighted by atomic mass is 10.2. The van der Waals surface area contributed by atoms with Crippen LogP contribution in [0.1, 0.15) is 0 Å². The Balaban J connectivity index is 2.67. The van der Waals surface area contributed by atoms with Crippen LogP contribution in [-0.2, 0) is 0 Å². The van der Waals surface area contributed by atoms with E-state index in [-0.39, 0.29) is 0 Å². The van der Waals surface area contributed by atoms with Crippen LogP contribution in [0, 0.1) is 6.07 Å². The fourth-order valence-electron chi connectivity index (χ4n) is 1.10. The summed E-state index contributed by atoms with van der Waals surface area (Å²) in [6.45, 7) is 0. The number of pyridine rings is 1. The summed E-state index contributed by atoms with van der Waals surface area (Å²) in [4.78, 5) is 4.23. The lowest BCUT2D eigenvalue weighted by Gasteiger charge is -1.97. The van der Waals surface area contributed by atoms with Gasteiger partial charge in [0.2, 0.25) is 0 Å². The van der Waals surface area contributed by atoms with Gasteiger partial charge in [0.15, 0.2) is 0 Å². The first-order chi connectivity index (χ1) is 5.90. The number of nitrogens with zero attached hydrogens (tertiary/aromatic N) is 1. The van der Waals surface area contributed by atoms with Gasteiger partial charge < -0.3 is 0 Å². The Labute approximate surface area is 75.8 Å². The Morgan fingerprint density at radius 2 is 2.17 bits per heavy atom. The lowest BCUT2D eigenvalue weighted by Crippen LogP contribution is -1.79. The first-order valence-electron chi connectivity index (χ1n) is 3.71. The summed E-state index contributed by atoms with van der Waals surface area (Å²) in [5.74, 6) is 0. The van der Waals surface area contributed by atoms with Crippen molar-refractivity contribution in [3.63, 3.8) is 0 Å². The molecule has 2 heteroatoms. The molecule has 0 aliphatic heterocycles. The van der Waals surface area contributed by atoms with Gasteiger partial charge in [0.25, 0.3) is 0 Å². The van der Waals surface area contributed by atoms with Crippen LogP contribution < -0.4 is 0 Å². The van der Waals surface area contributed by atoms with Crippen molar-refractivity contribution in [1.82, 2.24) is 4.98 Å². The maximum Gasteiger partial charge on any atom is 0.104 e. The molecule has 0 amide bonds. The van der Waals surface area contributed by atoms with Crippen molar-refractivity contribution in [2.45, 2.75) is 5.03 Å². The molecule has 0 spiro atoms. The van der Waals surface area contributed by atoms with E-state index in [1.165, 1.54) is 0 Å². The predicted octanol–water partition coefficient (Wildman–Crippen LogP) is 2.76. The van der Waals surface area contributed by atoms with Crippen LogP contribution in [0.25, 0.3) is 10.8 Å². The zero-order valence-corrected chi connectivity index (χ0v) is 7.56. The van der Waals surface area contributed by atoms with Crippen molar-refractivity contribution >= 4 is 22.5 Å². The van der Waals surface area contributed by atoms with Gasteiger partial charge in [0, 0.05) is 17.6 Å². The van der Waals surface area contributed by atoms with E-state index in [0.717, 1.165) is 15.8 Å². The maximum absolute atomic E-state index is 4.23. The van der Waals surface area contributed by atoms with E-state index in [1.807, 2.05) is 30.7 Å². The predicted molar refractivity (Wildman–Crippen MR) is 52.4 cm³/mol. The number of hydrogen-bond donors (Lipinski definition) is 0. The summed E-state index contributed by atoms with van der Waals surface area (Å²) in [5.41, 5.74) is 0. The van der Waals surface area contributed by atoms with Gasteiger partial charge >= 0.3 is 0 Å². The van der Waals surface area contributed by atoms with E-state index in [9.17, 15) is 0 Å². The molecule has 0 atom stereocenters. The molecule has 1 aromatic carbocycles. The lowest BCUT2D eigenvalue weighted by molar-refractivity contribution is 1.15. The van der Waals surface area contributed by atoms with Gasteiger partial charge in [0.05, 0.1) is 0 Å². The number of hydrogen-bond acceptors (Lipinski definition) is 2.